The zero-order valence-corrected chi connectivity index (χ0v) is 21.9. The lowest BCUT2D eigenvalue weighted by atomic mass is 10.0. The van der Waals surface area contributed by atoms with Gasteiger partial charge in [0.05, 0.1) is 12.5 Å². The van der Waals surface area contributed by atoms with Crippen molar-refractivity contribution in [1.29, 1.82) is 0 Å². The van der Waals surface area contributed by atoms with Crippen molar-refractivity contribution < 1.29 is 34.2 Å². The molecule has 0 bridgehead atoms. The molecule has 4 unspecified atom stereocenters. The minimum Gasteiger partial charge on any atom is -0.508 e. The quantitative estimate of drug-likeness (QED) is 0.0848. The molecule has 1 aromatic rings. The number of aliphatic carboxylic acids is 1. The summed E-state index contributed by atoms with van der Waals surface area (Å²) in [5.74, 6) is -4.37. The molecule has 0 saturated carbocycles. The number of carboxylic acids is 1. The number of amides is 4. The molecule has 218 valence electrons. The Kier molecular flexibility index (Phi) is 15.1. The molecule has 0 spiro atoms. The van der Waals surface area contributed by atoms with Crippen LogP contribution in [-0.4, -0.2) is 77.1 Å². The second kappa shape index (κ2) is 17.7. The van der Waals surface area contributed by atoms with E-state index in [9.17, 15) is 34.2 Å². The van der Waals surface area contributed by atoms with Crippen molar-refractivity contribution in [3.63, 3.8) is 0 Å². The molecule has 4 atom stereocenters. The SMILES string of the molecule is NCCCCC(NC(=O)C(N)Cc1ccc(O)cc1)C(=O)NC(CCCCN)C(=O)NC(CC(N)=O)C(=O)O. The topological polar surface area (TPSA) is 266 Å². The van der Waals surface area contributed by atoms with E-state index in [2.05, 4.69) is 16.0 Å². The predicted octanol–water partition coefficient (Wildman–Crippen LogP) is -2.07. The molecular formula is C25H41N7O7. The summed E-state index contributed by atoms with van der Waals surface area (Å²) in [6.45, 7) is 0.724. The fraction of sp³-hybridized carbons (Fsp3) is 0.560. The summed E-state index contributed by atoms with van der Waals surface area (Å²) in [4.78, 5) is 61.6. The predicted molar refractivity (Wildman–Crippen MR) is 143 cm³/mol. The minimum atomic E-state index is -1.57. The Morgan fingerprint density at radius 2 is 1.21 bits per heavy atom. The van der Waals surface area contributed by atoms with Gasteiger partial charge in [-0.2, -0.15) is 0 Å². The van der Waals surface area contributed by atoms with Crippen LogP contribution in [0.3, 0.4) is 0 Å². The highest BCUT2D eigenvalue weighted by atomic mass is 16.4. The van der Waals surface area contributed by atoms with Crippen molar-refractivity contribution >= 4 is 29.6 Å². The van der Waals surface area contributed by atoms with Gasteiger partial charge in [0.15, 0.2) is 0 Å². The van der Waals surface area contributed by atoms with Gasteiger partial charge in [-0.05, 0) is 75.7 Å². The maximum Gasteiger partial charge on any atom is 0.326 e. The number of carbonyl (C=O) groups excluding carboxylic acids is 4. The van der Waals surface area contributed by atoms with Crippen LogP contribution in [0.2, 0.25) is 0 Å². The third-order valence-electron chi connectivity index (χ3n) is 5.91. The van der Waals surface area contributed by atoms with E-state index in [1.165, 1.54) is 12.1 Å². The number of hydrogen-bond donors (Lipinski definition) is 9. The lowest BCUT2D eigenvalue weighted by molar-refractivity contribution is -0.143. The number of carbonyl (C=O) groups is 5. The first-order chi connectivity index (χ1) is 18.5. The number of primary amides is 1. The first kappa shape index (κ1) is 33.3. The maximum absolute atomic E-state index is 13.2. The average Bonchev–Trinajstić information content (AvgIpc) is 2.88. The molecule has 14 heteroatoms. The van der Waals surface area contributed by atoms with Gasteiger partial charge in [-0.15, -0.1) is 0 Å². The monoisotopic (exact) mass is 551 g/mol. The average molecular weight is 552 g/mol. The van der Waals surface area contributed by atoms with Gasteiger partial charge in [-0.3, -0.25) is 19.2 Å². The summed E-state index contributed by atoms with van der Waals surface area (Å²) < 4.78 is 0. The largest absolute Gasteiger partial charge is 0.508 e. The second-order valence-electron chi connectivity index (χ2n) is 9.24. The molecule has 1 rings (SSSR count). The van der Waals surface area contributed by atoms with Crippen LogP contribution in [0, 0.1) is 0 Å². The number of carboxylic acid groups (broad SMARTS) is 1. The van der Waals surface area contributed by atoms with Crippen LogP contribution in [0.1, 0.15) is 50.5 Å². The summed E-state index contributed by atoms with van der Waals surface area (Å²) in [6.07, 6.45) is 1.98. The molecule has 0 saturated heterocycles. The number of nitrogens with two attached hydrogens (primary N) is 4. The highest BCUT2D eigenvalue weighted by Gasteiger charge is 2.30. The molecule has 14 nitrogen and oxygen atoms in total. The number of benzene rings is 1. The molecule has 0 aliphatic carbocycles. The lowest BCUT2D eigenvalue weighted by Crippen LogP contribution is -2.57. The van der Waals surface area contributed by atoms with Gasteiger partial charge >= 0.3 is 5.97 Å². The summed E-state index contributed by atoms with van der Waals surface area (Å²) in [5, 5.41) is 26.2. The van der Waals surface area contributed by atoms with Gasteiger partial charge in [-0.25, -0.2) is 4.79 Å². The molecular weight excluding hydrogens is 510 g/mol. The van der Waals surface area contributed by atoms with Crippen LogP contribution >= 0.6 is 0 Å². The van der Waals surface area contributed by atoms with E-state index in [0.29, 0.717) is 44.3 Å². The van der Waals surface area contributed by atoms with Crippen LogP contribution < -0.4 is 38.9 Å². The number of phenolic OH excluding ortho intramolecular Hbond substituents is 1. The van der Waals surface area contributed by atoms with Crippen LogP contribution in [0.25, 0.3) is 0 Å². The minimum absolute atomic E-state index is 0.0720. The molecule has 1 aromatic carbocycles. The number of hydrogen-bond acceptors (Lipinski definition) is 9. The molecule has 0 radical (unpaired) electrons. The summed E-state index contributed by atoms with van der Waals surface area (Å²) >= 11 is 0. The fourth-order valence-corrected chi connectivity index (χ4v) is 3.73. The summed E-state index contributed by atoms with van der Waals surface area (Å²) in [6, 6.07) is 1.44. The first-order valence-electron chi connectivity index (χ1n) is 12.8. The van der Waals surface area contributed by atoms with Gasteiger partial charge in [0.25, 0.3) is 0 Å². The van der Waals surface area contributed by atoms with E-state index in [0.717, 1.165) is 0 Å². The van der Waals surface area contributed by atoms with E-state index in [4.69, 9.17) is 22.9 Å². The standard InChI is InChI=1S/C25H41N7O7/c26-11-3-1-5-18(30-22(35)17(28)13-15-7-9-16(33)10-8-15)23(36)31-19(6-2-4-12-27)24(37)32-20(25(38)39)14-21(29)34/h7-10,17-20,33H,1-6,11-14,26-28H2,(H2,29,34)(H,30,35)(H,31,36)(H,32,37)(H,38,39). The van der Waals surface area contributed by atoms with Crippen LogP contribution in [0.15, 0.2) is 24.3 Å². The molecule has 0 fully saturated rings. The number of unbranched alkanes of at least 4 members (excludes halogenated alkanes) is 2. The highest BCUT2D eigenvalue weighted by molar-refractivity contribution is 5.94. The van der Waals surface area contributed by atoms with Crippen molar-refractivity contribution in [3.8, 4) is 5.75 Å². The van der Waals surface area contributed by atoms with Gasteiger partial charge in [0.1, 0.15) is 23.9 Å². The zero-order valence-electron chi connectivity index (χ0n) is 21.9. The van der Waals surface area contributed by atoms with Crippen LogP contribution in [-0.2, 0) is 30.4 Å². The zero-order chi connectivity index (χ0) is 29.4. The van der Waals surface area contributed by atoms with Crippen LogP contribution in [0.4, 0.5) is 0 Å². The number of nitrogens with one attached hydrogen (secondary N) is 3. The Morgan fingerprint density at radius 1 is 0.744 bits per heavy atom. The maximum atomic E-state index is 13.2. The Labute approximate surface area is 227 Å². The summed E-state index contributed by atoms with van der Waals surface area (Å²) in [5.41, 5.74) is 22.9. The van der Waals surface area contributed by atoms with E-state index < -0.39 is 60.2 Å². The smallest absolute Gasteiger partial charge is 0.326 e. The summed E-state index contributed by atoms with van der Waals surface area (Å²) in [7, 11) is 0. The lowest BCUT2D eigenvalue weighted by Gasteiger charge is -2.25. The Bertz CT molecular complexity index is 959. The van der Waals surface area contributed by atoms with E-state index >= 15 is 0 Å². The van der Waals surface area contributed by atoms with Crippen molar-refractivity contribution in [2.45, 2.75) is 75.5 Å². The molecule has 0 heterocycles. The molecule has 0 aliphatic heterocycles. The van der Waals surface area contributed by atoms with Crippen molar-refractivity contribution in [2.24, 2.45) is 22.9 Å². The number of aromatic hydroxyl groups is 1. The van der Waals surface area contributed by atoms with Gasteiger partial charge in [-0.1, -0.05) is 12.1 Å². The van der Waals surface area contributed by atoms with E-state index in [1.54, 1.807) is 12.1 Å². The first-order valence-corrected chi connectivity index (χ1v) is 12.8. The van der Waals surface area contributed by atoms with Crippen molar-refractivity contribution in [3.05, 3.63) is 29.8 Å². The van der Waals surface area contributed by atoms with Crippen LogP contribution in [0.5, 0.6) is 5.75 Å². The number of rotatable bonds is 19. The Hall–Kier alpha value is -3.75. The molecule has 39 heavy (non-hydrogen) atoms. The Morgan fingerprint density at radius 3 is 1.64 bits per heavy atom. The third-order valence-corrected chi connectivity index (χ3v) is 5.91. The molecule has 13 N–H and O–H groups in total. The fourth-order valence-electron chi connectivity index (χ4n) is 3.73. The molecule has 0 aliphatic rings. The van der Waals surface area contributed by atoms with Gasteiger partial charge in [0.2, 0.25) is 23.6 Å². The molecule has 0 aromatic heterocycles. The second-order valence-corrected chi connectivity index (χ2v) is 9.24. The Balaban J connectivity index is 2.99. The third kappa shape index (κ3) is 13.0. The van der Waals surface area contributed by atoms with E-state index in [1.807, 2.05) is 0 Å². The highest BCUT2D eigenvalue weighted by Crippen LogP contribution is 2.12. The van der Waals surface area contributed by atoms with Crippen molar-refractivity contribution in [1.82, 2.24) is 16.0 Å². The van der Waals surface area contributed by atoms with E-state index in [-0.39, 0.29) is 25.0 Å². The normalized spacial score (nSPS) is 13.9. The van der Waals surface area contributed by atoms with Gasteiger partial charge < -0.3 is 49.1 Å². The molecule has 4 amide bonds. The number of phenols is 1. The van der Waals surface area contributed by atoms with Crippen molar-refractivity contribution in [2.75, 3.05) is 13.1 Å². The van der Waals surface area contributed by atoms with Gasteiger partial charge in [0, 0.05) is 0 Å².